The van der Waals surface area contributed by atoms with Crippen molar-refractivity contribution in [2.75, 3.05) is 26.2 Å². The molecule has 3 fully saturated rings. The molecular formula is C12H22N2. The second kappa shape index (κ2) is 3.82. The Morgan fingerprint density at radius 1 is 0.929 bits per heavy atom. The molecule has 2 heterocycles. The molecule has 14 heavy (non-hydrogen) atoms. The molecule has 0 spiro atoms. The average molecular weight is 194 g/mol. The van der Waals surface area contributed by atoms with Crippen molar-refractivity contribution in [1.29, 1.82) is 0 Å². The number of nitrogens with zero attached hydrogens (tertiary/aromatic N) is 1. The van der Waals surface area contributed by atoms with E-state index in [9.17, 15) is 0 Å². The minimum Gasteiger partial charge on any atom is -0.316 e. The van der Waals surface area contributed by atoms with Gasteiger partial charge in [-0.1, -0.05) is 6.42 Å². The lowest BCUT2D eigenvalue weighted by Crippen LogP contribution is -2.44. The van der Waals surface area contributed by atoms with Crippen molar-refractivity contribution >= 4 is 0 Å². The second-order valence-corrected chi connectivity index (χ2v) is 5.32. The van der Waals surface area contributed by atoms with Gasteiger partial charge in [0.2, 0.25) is 0 Å². The van der Waals surface area contributed by atoms with Crippen LogP contribution in [0.2, 0.25) is 0 Å². The third kappa shape index (κ3) is 1.49. The molecule has 0 unspecified atom stereocenters. The quantitative estimate of drug-likeness (QED) is 0.680. The van der Waals surface area contributed by atoms with Crippen LogP contribution >= 0.6 is 0 Å². The maximum atomic E-state index is 3.59. The second-order valence-electron chi connectivity index (χ2n) is 5.32. The molecule has 2 aliphatic heterocycles. The molecule has 2 nitrogen and oxygen atoms in total. The molecule has 0 bridgehead atoms. The van der Waals surface area contributed by atoms with Gasteiger partial charge in [-0.3, -0.25) is 0 Å². The van der Waals surface area contributed by atoms with Crippen LogP contribution < -0.4 is 5.32 Å². The van der Waals surface area contributed by atoms with Gasteiger partial charge in [-0.25, -0.2) is 0 Å². The smallest absolute Gasteiger partial charge is 0.0139 e. The lowest BCUT2D eigenvalue weighted by molar-refractivity contribution is 0.111. The Kier molecular flexibility index (Phi) is 2.50. The summed E-state index contributed by atoms with van der Waals surface area (Å²) in [6, 6.07) is 0.936. The summed E-state index contributed by atoms with van der Waals surface area (Å²) in [6.45, 7) is 5.36. The lowest BCUT2D eigenvalue weighted by Gasteiger charge is -2.39. The van der Waals surface area contributed by atoms with E-state index in [1.807, 2.05) is 0 Å². The van der Waals surface area contributed by atoms with E-state index < -0.39 is 0 Å². The molecule has 2 heteroatoms. The molecule has 2 saturated heterocycles. The highest BCUT2D eigenvalue weighted by atomic mass is 15.2. The molecular weight excluding hydrogens is 172 g/mol. The number of hydrogen-bond acceptors (Lipinski definition) is 2. The summed E-state index contributed by atoms with van der Waals surface area (Å²) in [5, 5.41) is 3.59. The summed E-state index contributed by atoms with van der Waals surface area (Å²) in [6.07, 6.45) is 7.33. The molecule has 0 aromatic heterocycles. The Bertz CT molecular complexity index is 198. The van der Waals surface area contributed by atoms with Crippen molar-refractivity contribution in [3.8, 4) is 0 Å². The molecule has 3 aliphatic rings. The summed E-state index contributed by atoms with van der Waals surface area (Å²) >= 11 is 0. The molecule has 0 amide bonds. The standard InChI is InChI=1S/C12H22N2/c1-2-7-14(6-1)12-5-3-4-10-8-13-9-11(10)12/h10-13H,1-9H2/t10-,11+,12+/m1/s1. The highest BCUT2D eigenvalue weighted by Gasteiger charge is 2.39. The zero-order chi connectivity index (χ0) is 9.38. The molecule has 0 radical (unpaired) electrons. The third-order valence-corrected chi connectivity index (χ3v) is 4.57. The fourth-order valence-corrected chi connectivity index (χ4v) is 3.85. The minimum absolute atomic E-state index is 0.936. The number of fused-ring (bicyclic) bond motifs is 1. The number of hydrogen-bond donors (Lipinski definition) is 1. The molecule has 0 aromatic carbocycles. The third-order valence-electron chi connectivity index (χ3n) is 4.57. The van der Waals surface area contributed by atoms with E-state index in [0.29, 0.717) is 0 Å². The van der Waals surface area contributed by atoms with Gasteiger partial charge in [0, 0.05) is 6.04 Å². The molecule has 3 rings (SSSR count). The van der Waals surface area contributed by atoms with E-state index in [-0.39, 0.29) is 0 Å². The highest BCUT2D eigenvalue weighted by molar-refractivity contribution is 4.94. The number of likely N-dealkylation sites (tertiary alicyclic amines) is 1. The van der Waals surface area contributed by atoms with Crippen LogP contribution in [0.25, 0.3) is 0 Å². The Hall–Kier alpha value is -0.0800. The average Bonchev–Trinajstić information content (AvgIpc) is 2.88. The van der Waals surface area contributed by atoms with E-state index in [1.54, 1.807) is 0 Å². The zero-order valence-corrected chi connectivity index (χ0v) is 9.04. The Morgan fingerprint density at radius 3 is 2.64 bits per heavy atom. The highest BCUT2D eigenvalue weighted by Crippen LogP contribution is 2.36. The topological polar surface area (TPSA) is 15.3 Å². The van der Waals surface area contributed by atoms with Crippen LogP contribution in [0, 0.1) is 11.8 Å². The monoisotopic (exact) mass is 194 g/mol. The first-order chi connectivity index (χ1) is 6.95. The van der Waals surface area contributed by atoms with Crippen molar-refractivity contribution in [2.45, 2.75) is 38.1 Å². The fraction of sp³-hybridized carbons (Fsp3) is 1.00. The number of nitrogens with one attached hydrogen (secondary N) is 1. The minimum atomic E-state index is 0.936. The van der Waals surface area contributed by atoms with Crippen molar-refractivity contribution < 1.29 is 0 Å². The lowest BCUT2D eigenvalue weighted by atomic mass is 9.77. The summed E-state index contributed by atoms with van der Waals surface area (Å²) < 4.78 is 0. The van der Waals surface area contributed by atoms with Gasteiger partial charge in [0.05, 0.1) is 0 Å². The van der Waals surface area contributed by atoms with Gasteiger partial charge in [-0.2, -0.15) is 0 Å². The van der Waals surface area contributed by atoms with Crippen molar-refractivity contribution in [1.82, 2.24) is 10.2 Å². The molecule has 1 N–H and O–H groups in total. The first kappa shape index (κ1) is 9.17. The maximum absolute atomic E-state index is 3.59. The summed E-state index contributed by atoms with van der Waals surface area (Å²) in [5.41, 5.74) is 0. The Balaban J connectivity index is 1.70. The molecule has 80 valence electrons. The van der Waals surface area contributed by atoms with Gasteiger partial charge in [-0.05, 0) is 63.7 Å². The van der Waals surface area contributed by atoms with Gasteiger partial charge in [-0.15, -0.1) is 0 Å². The summed E-state index contributed by atoms with van der Waals surface area (Å²) in [4.78, 5) is 2.78. The van der Waals surface area contributed by atoms with Crippen molar-refractivity contribution in [3.63, 3.8) is 0 Å². The predicted octanol–water partition coefficient (Wildman–Crippen LogP) is 1.47. The summed E-state index contributed by atoms with van der Waals surface area (Å²) in [5.74, 6) is 2.00. The van der Waals surface area contributed by atoms with Crippen LogP contribution in [0.5, 0.6) is 0 Å². The van der Waals surface area contributed by atoms with E-state index in [4.69, 9.17) is 0 Å². The SMILES string of the molecule is C1C[C@@H]2CNC[C@@H]2[C@@H](N2CCCC2)C1. The van der Waals surface area contributed by atoms with Gasteiger partial charge in [0.15, 0.2) is 0 Å². The van der Waals surface area contributed by atoms with Gasteiger partial charge in [0.1, 0.15) is 0 Å². The number of rotatable bonds is 1. The molecule has 0 aromatic rings. The maximum Gasteiger partial charge on any atom is 0.0139 e. The summed E-state index contributed by atoms with van der Waals surface area (Å²) in [7, 11) is 0. The molecule has 3 atom stereocenters. The molecule has 1 saturated carbocycles. The van der Waals surface area contributed by atoms with Crippen LogP contribution in [0.15, 0.2) is 0 Å². The van der Waals surface area contributed by atoms with Crippen LogP contribution in [0.4, 0.5) is 0 Å². The Labute approximate surface area is 87.0 Å². The van der Waals surface area contributed by atoms with E-state index in [2.05, 4.69) is 10.2 Å². The van der Waals surface area contributed by atoms with Gasteiger partial charge >= 0.3 is 0 Å². The first-order valence-electron chi connectivity index (χ1n) is 6.40. The van der Waals surface area contributed by atoms with E-state index in [0.717, 1.165) is 17.9 Å². The van der Waals surface area contributed by atoms with Crippen LogP contribution in [0.1, 0.15) is 32.1 Å². The normalized spacial score (nSPS) is 44.1. The van der Waals surface area contributed by atoms with Crippen LogP contribution in [-0.2, 0) is 0 Å². The fourth-order valence-electron chi connectivity index (χ4n) is 3.85. The van der Waals surface area contributed by atoms with Crippen LogP contribution in [-0.4, -0.2) is 37.1 Å². The zero-order valence-electron chi connectivity index (χ0n) is 9.04. The van der Waals surface area contributed by atoms with Gasteiger partial charge < -0.3 is 10.2 Å². The first-order valence-corrected chi connectivity index (χ1v) is 6.40. The van der Waals surface area contributed by atoms with Crippen LogP contribution in [0.3, 0.4) is 0 Å². The van der Waals surface area contributed by atoms with E-state index in [1.165, 1.54) is 58.3 Å². The van der Waals surface area contributed by atoms with Gasteiger partial charge in [0.25, 0.3) is 0 Å². The van der Waals surface area contributed by atoms with Crippen molar-refractivity contribution in [3.05, 3.63) is 0 Å². The Morgan fingerprint density at radius 2 is 1.79 bits per heavy atom. The van der Waals surface area contributed by atoms with E-state index >= 15 is 0 Å². The predicted molar refractivity (Wildman–Crippen MR) is 58.3 cm³/mol. The van der Waals surface area contributed by atoms with Crippen molar-refractivity contribution in [2.24, 2.45) is 11.8 Å². The molecule has 1 aliphatic carbocycles. The largest absolute Gasteiger partial charge is 0.316 e.